The van der Waals surface area contributed by atoms with Crippen molar-refractivity contribution >= 4 is 98.0 Å². The lowest BCUT2D eigenvalue weighted by Gasteiger charge is -2.08. The van der Waals surface area contributed by atoms with Crippen molar-refractivity contribution in [2.75, 3.05) is 0 Å². The zero-order valence-electron chi connectivity index (χ0n) is 24.1. The molecule has 0 radical (unpaired) electrons. The van der Waals surface area contributed by atoms with Crippen LogP contribution in [0, 0.1) is 0 Å². The van der Waals surface area contributed by atoms with Crippen LogP contribution in [0.15, 0.2) is 140 Å². The van der Waals surface area contributed by atoms with Crippen molar-refractivity contribution in [2.45, 2.75) is 0 Å². The Labute approximate surface area is 256 Å². The molecule has 0 aliphatic carbocycles. The van der Waals surface area contributed by atoms with Crippen molar-refractivity contribution in [3.63, 3.8) is 0 Å². The van der Waals surface area contributed by atoms with Crippen LogP contribution in [0.3, 0.4) is 0 Å². The molecule has 0 atom stereocenters. The van der Waals surface area contributed by atoms with E-state index in [0.29, 0.717) is 0 Å². The first-order valence-electron chi connectivity index (χ1n) is 15.6. The molecule has 0 bridgehead atoms. The topological polar surface area (TPSA) is 13.8 Å². The Bertz CT molecular complexity index is 3190. The molecule has 3 heteroatoms. The molecule has 45 heavy (non-hydrogen) atoms. The monoisotopic (exact) mass is 569 g/mol. The summed E-state index contributed by atoms with van der Waals surface area (Å²) in [5.41, 5.74) is 11.4. The van der Waals surface area contributed by atoms with Gasteiger partial charge in [-0.05, 0) is 48.5 Å². The molecular formula is C42H23N3. The molecule has 0 fully saturated rings. The minimum atomic E-state index is 1.18. The number of benzene rings is 7. The highest BCUT2D eigenvalue weighted by atomic mass is 15.0. The van der Waals surface area contributed by atoms with Gasteiger partial charge >= 0.3 is 0 Å². The van der Waals surface area contributed by atoms with Gasteiger partial charge < -0.3 is 13.4 Å². The molecule has 0 amide bonds. The van der Waals surface area contributed by atoms with E-state index in [2.05, 4.69) is 153 Å². The fourth-order valence-electron chi connectivity index (χ4n) is 8.79. The molecule has 12 aromatic rings. The smallest absolute Gasteiger partial charge is 0.0628 e. The van der Waals surface area contributed by atoms with Crippen LogP contribution in [0.2, 0.25) is 0 Å². The molecule has 206 valence electrons. The summed E-state index contributed by atoms with van der Waals surface area (Å²) in [6.45, 7) is 0. The van der Waals surface area contributed by atoms with E-state index in [0.717, 1.165) is 0 Å². The van der Waals surface area contributed by atoms with Gasteiger partial charge in [-0.25, -0.2) is 0 Å². The first-order valence-corrected chi connectivity index (χ1v) is 15.6. The summed E-state index contributed by atoms with van der Waals surface area (Å²) in [5.74, 6) is 0. The molecule has 3 nitrogen and oxygen atoms in total. The lowest BCUT2D eigenvalue weighted by atomic mass is 10.00. The highest BCUT2D eigenvalue weighted by Crippen LogP contribution is 2.49. The number of hydrogen-bond donors (Lipinski definition) is 0. The third kappa shape index (κ3) is 2.47. The zero-order valence-corrected chi connectivity index (χ0v) is 24.1. The van der Waals surface area contributed by atoms with E-state index >= 15 is 0 Å². The Kier molecular flexibility index (Phi) is 3.76. The molecule has 0 aliphatic rings. The number of nitrogens with zero attached hydrogens (tertiary/aromatic N) is 3. The number of fused-ring (bicyclic) bond motifs is 16. The van der Waals surface area contributed by atoms with Crippen LogP contribution >= 0.6 is 0 Å². The second-order valence-electron chi connectivity index (χ2n) is 12.5. The maximum Gasteiger partial charge on any atom is 0.0628 e. The highest BCUT2D eigenvalue weighted by molar-refractivity contribution is 6.38. The molecule has 0 N–H and O–H groups in total. The van der Waals surface area contributed by atoms with Crippen molar-refractivity contribution in [2.24, 2.45) is 0 Å². The maximum atomic E-state index is 2.54. The predicted molar refractivity (Wildman–Crippen MR) is 190 cm³/mol. The highest BCUT2D eigenvalue weighted by Gasteiger charge is 2.26. The van der Waals surface area contributed by atoms with E-state index in [1.165, 1.54) is 104 Å². The van der Waals surface area contributed by atoms with Crippen LogP contribution in [-0.2, 0) is 0 Å². The summed E-state index contributed by atoms with van der Waals surface area (Å²) in [6, 6.07) is 51.7. The summed E-state index contributed by atoms with van der Waals surface area (Å²) in [5, 5.41) is 13.1. The molecular weight excluding hydrogens is 546 g/mol. The minimum absolute atomic E-state index is 1.18. The van der Waals surface area contributed by atoms with Crippen molar-refractivity contribution in [1.82, 2.24) is 13.4 Å². The van der Waals surface area contributed by atoms with Gasteiger partial charge in [0.15, 0.2) is 0 Å². The first kappa shape index (κ1) is 22.5. The minimum Gasteiger partial charge on any atom is -0.309 e. The van der Waals surface area contributed by atoms with Crippen LogP contribution in [0.4, 0.5) is 0 Å². The largest absolute Gasteiger partial charge is 0.309 e. The average molecular weight is 570 g/mol. The average Bonchev–Trinajstić information content (AvgIpc) is 3.87. The maximum absolute atomic E-state index is 2.54. The van der Waals surface area contributed by atoms with Crippen molar-refractivity contribution in [1.29, 1.82) is 0 Å². The molecule has 0 aliphatic heterocycles. The van der Waals surface area contributed by atoms with Gasteiger partial charge in [-0.2, -0.15) is 0 Å². The standard InChI is InChI=1S/C42H23N3/c1-2-11-24(12-3-1)43-33-18-7-5-14-26(33)30-21-37-32(23-36(30)43)40-39-29-17-10-16-28-25-13-4-8-19-34(25)45(41(28)29)38(39)22-31-27-15-6-9-20-35(27)44(37)42(31)40/h1-23H. The molecule has 0 spiro atoms. The summed E-state index contributed by atoms with van der Waals surface area (Å²) in [4.78, 5) is 0. The molecule has 0 unspecified atom stereocenters. The molecule has 12 rings (SSSR count). The number of para-hydroxylation sites is 5. The van der Waals surface area contributed by atoms with E-state index in [9.17, 15) is 0 Å². The summed E-state index contributed by atoms with van der Waals surface area (Å²) < 4.78 is 7.50. The van der Waals surface area contributed by atoms with E-state index in [-0.39, 0.29) is 0 Å². The number of aromatic nitrogens is 3. The number of hydrogen-bond acceptors (Lipinski definition) is 0. The van der Waals surface area contributed by atoms with Crippen molar-refractivity contribution in [3.05, 3.63) is 140 Å². The van der Waals surface area contributed by atoms with Crippen LogP contribution in [0.1, 0.15) is 0 Å². The fourth-order valence-corrected chi connectivity index (χ4v) is 8.79. The van der Waals surface area contributed by atoms with E-state index in [4.69, 9.17) is 0 Å². The van der Waals surface area contributed by atoms with Gasteiger partial charge in [0.05, 0.1) is 44.1 Å². The SMILES string of the molecule is c1ccc(-n2c3ccccc3c3cc4c(cc32)c2c3c5cccc6c7ccccc7n(c3cc3c7ccccc7n4c32)c65)cc1. The Hall–Kier alpha value is -6.06. The summed E-state index contributed by atoms with van der Waals surface area (Å²) in [7, 11) is 0. The van der Waals surface area contributed by atoms with Crippen LogP contribution in [-0.4, -0.2) is 13.4 Å². The first-order chi connectivity index (χ1) is 22.4. The Morgan fingerprint density at radius 2 is 0.844 bits per heavy atom. The molecule has 5 aromatic heterocycles. The molecule has 0 saturated carbocycles. The van der Waals surface area contributed by atoms with Gasteiger partial charge in [-0.15, -0.1) is 0 Å². The summed E-state index contributed by atoms with van der Waals surface area (Å²) >= 11 is 0. The second kappa shape index (κ2) is 7.53. The van der Waals surface area contributed by atoms with E-state index in [1.54, 1.807) is 0 Å². The quantitative estimate of drug-likeness (QED) is 0.187. The zero-order chi connectivity index (χ0) is 29.0. The predicted octanol–water partition coefficient (Wildman–Crippen LogP) is 11.1. The number of rotatable bonds is 1. The van der Waals surface area contributed by atoms with Crippen LogP contribution in [0.5, 0.6) is 0 Å². The van der Waals surface area contributed by atoms with E-state index in [1.807, 2.05) is 0 Å². The fraction of sp³-hybridized carbons (Fsp3) is 0. The third-order valence-electron chi connectivity index (χ3n) is 10.5. The lowest BCUT2D eigenvalue weighted by Crippen LogP contribution is -1.92. The molecule has 7 aromatic carbocycles. The molecule has 0 saturated heterocycles. The second-order valence-corrected chi connectivity index (χ2v) is 12.5. The third-order valence-corrected chi connectivity index (χ3v) is 10.5. The van der Waals surface area contributed by atoms with Gasteiger partial charge in [0.1, 0.15) is 0 Å². The Morgan fingerprint density at radius 3 is 1.62 bits per heavy atom. The normalized spacial score (nSPS) is 12.9. The van der Waals surface area contributed by atoms with Gasteiger partial charge in [0.2, 0.25) is 0 Å². The van der Waals surface area contributed by atoms with Crippen LogP contribution < -0.4 is 0 Å². The van der Waals surface area contributed by atoms with E-state index < -0.39 is 0 Å². The molecule has 5 heterocycles. The summed E-state index contributed by atoms with van der Waals surface area (Å²) in [6.07, 6.45) is 0. The van der Waals surface area contributed by atoms with Crippen molar-refractivity contribution < 1.29 is 0 Å². The van der Waals surface area contributed by atoms with Gasteiger partial charge in [-0.1, -0.05) is 91.0 Å². The van der Waals surface area contributed by atoms with Gasteiger partial charge in [0.25, 0.3) is 0 Å². The van der Waals surface area contributed by atoms with Crippen molar-refractivity contribution in [3.8, 4) is 5.69 Å². The van der Waals surface area contributed by atoms with Gasteiger partial charge in [0, 0.05) is 59.5 Å². The Balaban J connectivity index is 1.41. The Morgan fingerprint density at radius 1 is 0.289 bits per heavy atom. The van der Waals surface area contributed by atoms with Gasteiger partial charge in [-0.3, -0.25) is 0 Å². The lowest BCUT2D eigenvalue weighted by molar-refractivity contribution is 1.18. The van der Waals surface area contributed by atoms with Crippen LogP contribution in [0.25, 0.3) is 104 Å².